The Morgan fingerprint density at radius 3 is 2.76 bits per heavy atom. The monoisotopic (exact) mass is 473 g/mol. The van der Waals surface area contributed by atoms with Gasteiger partial charge in [0.05, 0.1) is 25.0 Å². The van der Waals surface area contributed by atoms with Gasteiger partial charge in [0.15, 0.2) is 0 Å². The number of carbonyl (C=O) groups is 1. The number of aliphatic imine (C=N–C) groups is 1. The molecule has 1 aromatic rings. The van der Waals surface area contributed by atoms with Crippen LogP contribution in [0.1, 0.15) is 52.5 Å². The summed E-state index contributed by atoms with van der Waals surface area (Å²) in [4.78, 5) is 18.8. The van der Waals surface area contributed by atoms with Gasteiger partial charge >= 0.3 is 6.09 Å². The van der Waals surface area contributed by atoms with Gasteiger partial charge < -0.3 is 29.5 Å². The van der Waals surface area contributed by atoms with E-state index in [0.717, 1.165) is 60.8 Å². The van der Waals surface area contributed by atoms with Gasteiger partial charge in [-0.15, -0.1) is 0 Å². The fourth-order valence-electron chi connectivity index (χ4n) is 4.91. The minimum Gasteiger partial charge on any atom is -0.497 e. The van der Waals surface area contributed by atoms with E-state index in [-0.39, 0.29) is 18.6 Å². The van der Waals surface area contributed by atoms with Gasteiger partial charge in [0, 0.05) is 30.7 Å². The summed E-state index contributed by atoms with van der Waals surface area (Å²) in [7, 11) is 1.65. The molecule has 1 fully saturated rings. The van der Waals surface area contributed by atoms with Crippen molar-refractivity contribution < 1.29 is 24.1 Å². The Morgan fingerprint density at radius 1 is 1.35 bits per heavy atom. The zero-order valence-electron chi connectivity index (χ0n) is 21.1. The third-order valence-electron chi connectivity index (χ3n) is 6.46. The van der Waals surface area contributed by atoms with Crippen LogP contribution in [0.3, 0.4) is 0 Å². The Bertz CT molecular complexity index is 908. The first-order chi connectivity index (χ1) is 16.1. The predicted molar refractivity (Wildman–Crippen MR) is 133 cm³/mol. The molecule has 0 unspecified atom stereocenters. The van der Waals surface area contributed by atoms with Gasteiger partial charge in [0.1, 0.15) is 23.7 Å². The van der Waals surface area contributed by atoms with Gasteiger partial charge in [-0.05, 0) is 77.8 Å². The third kappa shape index (κ3) is 6.44. The van der Waals surface area contributed by atoms with Crippen molar-refractivity contribution in [2.24, 2.45) is 16.8 Å². The molecular weight excluding hydrogens is 434 g/mol. The Kier molecular flexibility index (Phi) is 8.47. The SMILES string of the molecule is C=Nc1ccc(OC)cc1C1=C(C)OCCN1C[C@@H]1CC[C@@H](NC(=O)OC(C)(C)C)[C@@H](CO)C1. The number of benzene rings is 1. The Balaban J connectivity index is 1.73. The molecule has 0 saturated heterocycles. The van der Waals surface area contributed by atoms with E-state index in [0.29, 0.717) is 12.5 Å². The number of carbonyl (C=O) groups excluding carboxylic acids is 1. The van der Waals surface area contributed by atoms with Crippen molar-refractivity contribution in [3.63, 3.8) is 0 Å². The number of amides is 1. The van der Waals surface area contributed by atoms with E-state index >= 15 is 0 Å². The highest BCUT2D eigenvalue weighted by Gasteiger charge is 2.34. The zero-order valence-corrected chi connectivity index (χ0v) is 21.1. The fraction of sp³-hybridized carbons (Fsp3) is 0.615. The zero-order chi connectivity index (χ0) is 24.9. The first kappa shape index (κ1) is 25.9. The van der Waals surface area contributed by atoms with E-state index < -0.39 is 11.7 Å². The number of hydrogen-bond acceptors (Lipinski definition) is 7. The standard InChI is InChI=1S/C26H39N3O5/c1-17-24(21-14-20(32-6)8-10-23(21)27-5)29(11-12-33-17)15-18-7-9-22(19(13-18)16-30)28-25(31)34-26(2,3)4/h8,10,14,18-19,22,30H,5,7,9,11-13,15-16H2,1-4,6H3,(H,28,31)/t18-,19-,22-/m1/s1. The predicted octanol–water partition coefficient (Wildman–Crippen LogP) is 4.35. The van der Waals surface area contributed by atoms with Crippen molar-refractivity contribution in [1.82, 2.24) is 10.2 Å². The van der Waals surface area contributed by atoms with Crippen LogP contribution in [-0.2, 0) is 9.47 Å². The van der Waals surface area contributed by atoms with E-state index in [9.17, 15) is 9.90 Å². The van der Waals surface area contributed by atoms with Crippen molar-refractivity contribution in [2.45, 2.75) is 58.6 Å². The fourth-order valence-corrected chi connectivity index (χ4v) is 4.91. The largest absolute Gasteiger partial charge is 0.497 e. The number of alkyl carbamates (subject to hydrolysis) is 1. The van der Waals surface area contributed by atoms with E-state index in [1.165, 1.54) is 0 Å². The van der Waals surface area contributed by atoms with Crippen molar-refractivity contribution in [3.8, 4) is 5.75 Å². The molecule has 1 aliphatic heterocycles. The van der Waals surface area contributed by atoms with Crippen LogP contribution >= 0.6 is 0 Å². The van der Waals surface area contributed by atoms with Crippen LogP contribution in [0.2, 0.25) is 0 Å². The van der Waals surface area contributed by atoms with Gasteiger partial charge in [-0.1, -0.05) is 0 Å². The van der Waals surface area contributed by atoms with Crippen LogP contribution in [-0.4, -0.2) is 67.9 Å². The number of rotatable bonds is 7. The van der Waals surface area contributed by atoms with Gasteiger partial charge in [0.25, 0.3) is 0 Å². The quantitative estimate of drug-likeness (QED) is 0.572. The molecule has 0 spiro atoms. The number of allylic oxidation sites excluding steroid dienone is 1. The molecule has 1 heterocycles. The molecule has 0 aromatic heterocycles. The van der Waals surface area contributed by atoms with Crippen LogP contribution < -0.4 is 10.1 Å². The maximum atomic E-state index is 12.3. The maximum absolute atomic E-state index is 12.3. The number of methoxy groups -OCH3 is 1. The average molecular weight is 474 g/mol. The summed E-state index contributed by atoms with van der Waals surface area (Å²) in [5.74, 6) is 1.97. The molecule has 0 radical (unpaired) electrons. The molecule has 2 N–H and O–H groups in total. The highest BCUT2D eigenvalue weighted by atomic mass is 16.6. The van der Waals surface area contributed by atoms with Crippen LogP contribution in [0, 0.1) is 11.8 Å². The molecule has 188 valence electrons. The van der Waals surface area contributed by atoms with Crippen molar-refractivity contribution in [2.75, 3.05) is 33.4 Å². The summed E-state index contributed by atoms with van der Waals surface area (Å²) in [6.45, 7) is 13.5. The van der Waals surface area contributed by atoms with Gasteiger partial charge in [0.2, 0.25) is 0 Å². The first-order valence-corrected chi connectivity index (χ1v) is 12.0. The van der Waals surface area contributed by atoms with Crippen LogP contribution in [0.4, 0.5) is 10.5 Å². The summed E-state index contributed by atoms with van der Waals surface area (Å²) in [6.07, 6.45) is 2.15. The van der Waals surface area contributed by atoms with Crippen molar-refractivity contribution >= 4 is 24.2 Å². The van der Waals surface area contributed by atoms with Crippen LogP contribution in [0.25, 0.3) is 5.70 Å². The third-order valence-corrected chi connectivity index (χ3v) is 6.46. The number of ether oxygens (including phenoxy) is 3. The molecule has 8 heteroatoms. The Morgan fingerprint density at radius 2 is 2.12 bits per heavy atom. The molecule has 34 heavy (non-hydrogen) atoms. The number of hydrogen-bond donors (Lipinski definition) is 2. The molecule has 3 atom stereocenters. The lowest BCUT2D eigenvalue weighted by Crippen LogP contribution is -2.48. The van der Waals surface area contributed by atoms with E-state index in [1.54, 1.807) is 7.11 Å². The number of aliphatic hydroxyl groups is 1. The summed E-state index contributed by atoms with van der Waals surface area (Å²) in [5.41, 5.74) is 2.17. The summed E-state index contributed by atoms with van der Waals surface area (Å²) in [5, 5.41) is 13.0. The topological polar surface area (TPSA) is 92.6 Å². The van der Waals surface area contributed by atoms with Gasteiger partial charge in [-0.3, -0.25) is 4.99 Å². The summed E-state index contributed by atoms with van der Waals surface area (Å²) in [6, 6.07) is 5.67. The number of nitrogens with zero attached hydrogens (tertiary/aromatic N) is 2. The minimum absolute atomic E-state index is 0.0111. The highest BCUT2D eigenvalue weighted by Crippen LogP contribution is 2.38. The van der Waals surface area contributed by atoms with E-state index in [4.69, 9.17) is 14.2 Å². The number of nitrogens with one attached hydrogen (secondary N) is 1. The summed E-state index contributed by atoms with van der Waals surface area (Å²) >= 11 is 0. The second-order valence-electron chi connectivity index (χ2n) is 10.1. The van der Waals surface area contributed by atoms with Crippen molar-refractivity contribution in [1.29, 1.82) is 0 Å². The van der Waals surface area contributed by atoms with E-state index in [1.807, 2.05) is 45.9 Å². The molecule has 8 nitrogen and oxygen atoms in total. The maximum Gasteiger partial charge on any atom is 0.407 e. The molecular formula is C26H39N3O5. The average Bonchev–Trinajstić information content (AvgIpc) is 2.78. The smallest absolute Gasteiger partial charge is 0.407 e. The second kappa shape index (κ2) is 11.1. The lowest BCUT2D eigenvalue weighted by molar-refractivity contribution is 0.0409. The Hall–Kier alpha value is -2.74. The van der Waals surface area contributed by atoms with Crippen LogP contribution in [0.15, 0.2) is 29.0 Å². The lowest BCUT2D eigenvalue weighted by atomic mass is 9.78. The Labute approximate surface area is 203 Å². The molecule has 2 aliphatic rings. The highest BCUT2D eigenvalue weighted by molar-refractivity contribution is 5.77. The normalized spacial score (nSPS) is 23.2. The van der Waals surface area contributed by atoms with E-state index in [2.05, 4.69) is 21.9 Å². The molecule has 1 aliphatic carbocycles. The van der Waals surface area contributed by atoms with Crippen molar-refractivity contribution in [3.05, 3.63) is 29.5 Å². The van der Waals surface area contributed by atoms with Gasteiger partial charge in [-0.25, -0.2) is 4.79 Å². The molecule has 1 saturated carbocycles. The van der Waals surface area contributed by atoms with Gasteiger partial charge in [-0.2, -0.15) is 0 Å². The summed E-state index contributed by atoms with van der Waals surface area (Å²) < 4.78 is 16.8. The van der Waals surface area contributed by atoms with Crippen LogP contribution in [0.5, 0.6) is 5.75 Å². The molecule has 1 amide bonds. The second-order valence-corrected chi connectivity index (χ2v) is 10.1. The minimum atomic E-state index is -0.549. The molecule has 1 aromatic carbocycles. The number of aliphatic hydroxyl groups excluding tert-OH is 1. The molecule has 3 rings (SSSR count). The lowest BCUT2D eigenvalue weighted by Gasteiger charge is -2.40. The first-order valence-electron chi connectivity index (χ1n) is 12.0. The molecule has 0 bridgehead atoms.